The van der Waals surface area contributed by atoms with Gasteiger partial charge in [-0.15, -0.1) is 0 Å². The second kappa shape index (κ2) is 8.19. The summed E-state index contributed by atoms with van der Waals surface area (Å²) in [6, 6.07) is 19.2. The lowest BCUT2D eigenvalue weighted by Gasteiger charge is -2.16. The highest BCUT2D eigenvalue weighted by molar-refractivity contribution is 6.30. The molecule has 3 aromatic rings. The fraction of sp³-hybridized carbons (Fsp3) is 0.304. The highest BCUT2D eigenvalue weighted by atomic mass is 35.5. The van der Waals surface area contributed by atoms with Crippen LogP contribution in [0.5, 0.6) is 0 Å². The van der Waals surface area contributed by atoms with Crippen LogP contribution in [-0.2, 0) is 10.2 Å². The van der Waals surface area contributed by atoms with E-state index in [9.17, 15) is 4.79 Å². The van der Waals surface area contributed by atoms with Crippen molar-refractivity contribution in [2.75, 3.05) is 5.32 Å². The van der Waals surface area contributed by atoms with Crippen molar-refractivity contribution in [3.05, 3.63) is 76.9 Å². The van der Waals surface area contributed by atoms with E-state index in [-0.39, 0.29) is 17.2 Å². The van der Waals surface area contributed by atoms with Crippen molar-refractivity contribution < 1.29 is 4.79 Å². The molecule has 0 bridgehead atoms. The van der Waals surface area contributed by atoms with Crippen molar-refractivity contribution in [3.8, 4) is 5.69 Å². The second-order valence-corrected chi connectivity index (χ2v) is 8.35. The number of rotatable bonds is 5. The Labute approximate surface area is 171 Å². The summed E-state index contributed by atoms with van der Waals surface area (Å²) in [5.74, 6) is 0.406. The van der Waals surface area contributed by atoms with Gasteiger partial charge in [-0.25, -0.2) is 4.68 Å². The molecule has 4 nitrogen and oxygen atoms in total. The van der Waals surface area contributed by atoms with E-state index >= 15 is 0 Å². The molecule has 1 unspecified atom stereocenters. The minimum Gasteiger partial charge on any atom is -0.310 e. The normalized spacial score (nSPS) is 12.6. The lowest BCUT2D eigenvalue weighted by Crippen LogP contribution is -2.22. The molecule has 0 fully saturated rings. The Balaban J connectivity index is 1.97. The Bertz CT molecular complexity index is 940. The zero-order valence-corrected chi connectivity index (χ0v) is 17.5. The average Bonchev–Trinajstić information content (AvgIpc) is 3.08. The molecule has 3 rings (SSSR count). The second-order valence-electron chi connectivity index (χ2n) is 7.91. The van der Waals surface area contributed by atoms with Crippen LogP contribution in [0, 0.1) is 0 Å². The molecule has 28 heavy (non-hydrogen) atoms. The number of hydrogen-bond acceptors (Lipinski definition) is 2. The predicted molar refractivity (Wildman–Crippen MR) is 115 cm³/mol. The number of anilines is 1. The lowest BCUT2D eigenvalue weighted by molar-refractivity contribution is -0.117. The maximum atomic E-state index is 13.1. The van der Waals surface area contributed by atoms with Crippen LogP contribution in [-0.4, -0.2) is 15.7 Å². The molecule has 2 aromatic carbocycles. The van der Waals surface area contributed by atoms with Gasteiger partial charge >= 0.3 is 0 Å². The topological polar surface area (TPSA) is 46.9 Å². The number of nitrogens with one attached hydrogen (secondary N) is 1. The summed E-state index contributed by atoms with van der Waals surface area (Å²) in [5.41, 5.74) is 2.63. The molecule has 0 radical (unpaired) electrons. The average molecular weight is 396 g/mol. The zero-order chi connectivity index (χ0) is 20.3. The smallest absolute Gasteiger partial charge is 0.233 e. The minimum absolute atomic E-state index is 0.0377. The van der Waals surface area contributed by atoms with E-state index in [1.54, 1.807) is 4.68 Å². The van der Waals surface area contributed by atoms with Crippen LogP contribution in [0.2, 0.25) is 5.02 Å². The molecule has 0 aliphatic carbocycles. The van der Waals surface area contributed by atoms with Crippen molar-refractivity contribution in [1.29, 1.82) is 0 Å². The number of benzene rings is 2. The van der Waals surface area contributed by atoms with Crippen molar-refractivity contribution in [2.45, 2.75) is 45.4 Å². The van der Waals surface area contributed by atoms with Gasteiger partial charge in [0, 0.05) is 16.5 Å². The van der Waals surface area contributed by atoms with Crippen LogP contribution < -0.4 is 5.32 Å². The largest absolute Gasteiger partial charge is 0.310 e. The molecule has 1 N–H and O–H groups in total. The molecule has 0 saturated heterocycles. The first-order valence-corrected chi connectivity index (χ1v) is 9.89. The van der Waals surface area contributed by atoms with Crippen molar-refractivity contribution >= 4 is 23.3 Å². The number of carbonyl (C=O) groups is 1. The van der Waals surface area contributed by atoms with Crippen LogP contribution in [0.1, 0.15) is 51.3 Å². The van der Waals surface area contributed by atoms with Gasteiger partial charge in [0.05, 0.1) is 17.3 Å². The van der Waals surface area contributed by atoms with Gasteiger partial charge in [0.2, 0.25) is 5.91 Å². The molecular weight excluding hydrogens is 370 g/mol. The molecule has 1 amide bonds. The van der Waals surface area contributed by atoms with Crippen molar-refractivity contribution in [3.63, 3.8) is 0 Å². The Morgan fingerprint density at radius 2 is 1.75 bits per heavy atom. The summed E-state index contributed by atoms with van der Waals surface area (Å²) >= 11 is 6.03. The van der Waals surface area contributed by atoms with Gasteiger partial charge in [0.25, 0.3) is 0 Å². The van der Waals surface area contributed by atoms with Crippen LogP contribution >= 0.6 is 11.6 Å². The number of aromatic nitrogens is 2. The predicted octanol–water partition coefficient (Wildman–Crippen LogP) is 5.96. The first-order chi connectivity index (χ1) is 13.3. The number of amides is 1. The SMILES string of the molecule is CCC(C(=O)Nc1cc(C(C)(C)C)nn1-c1ccc(Cl)cc1)c1ccccc1. The van der Waals surface area contributed by atoms with Gasteiger partial charge in [-0.05, 0) is 36.2 Å². The van der Waals surface area contributed by atoms with E-state index in [0.717, 1.165) is 23.4 Å². The fourth-order valence-electron chi connectivity index (χ4n) is 3.09. The third-order valence-electron chi connectivity index (χ3n) is 4.73. The van der Waals surface area contributed by atoms with Gasteiger partial charge in [-0.1, -0.05) is 69.6 Å². The van der Waals surface area contributed by atoms with Gasteiger partial charge in [-0.3, -0.25) is 4.79 Å². The Morgan fingerprint density at radius 1 is 1.11 bits per heavy atom. The van der Waals surface area contributed by atoms with E-state index in [2.05, 4.69) is 26.1 Å². The fourth-order valence-corrected chi connectivity index (χ4v) is 3.21. The maximum absolute atomic E-state index is 13.1. The Kier molecular flexibility index (Phi) is 5.90. The molecule has 1 atom stereocenters. The molecule has 0 spiro atoms. The molecule has 0 saturated carbocycles. The number of hydrogen-bond donors (Lipinski definition) is 1. The molecule has 5 heteroatoms. The third-order valence-corrected chi connectivity index (χ3v) is 4.98. The van der Waals surface area contributed by atoms with Crippen LogP contribution in [0.25, 0.3) is 5.69 Å². The molecule has 0 aliphatic heterocycles. The molecule has 1 heterocycles. The van der Waals surface area contributed by atoms with Gasteiger partial charge in [-0.2, -0.15) is 5.10 Å². The summed E-state index contributed by atoms with van der Waals surface area (Å²) in [7, 11) is 0. The Morgan fingerprint density at radius 3 is 2.32 bits per heavy atom. The van der Waals surface area contributed by atoms with E-state index in [1.165, 1.54) is 0 Å². The molecule has 1 aromatic heterocycles. The van der Waals surface area contributed by atoms with Gasteiger partial charge in [0.1, 0.15) is 5.82 Å². The first-order valence-electron chi connectivity index (χ1n) is 9.52. The summed E-state index contributed by atoms with van der Waals surface area (Å²) in [4.78, 5) is 13.1. The summed E-state index contributed by atoms with van der Waals surface area (Å²) in [5, 5.41) is 8.51. The monoisotopic (exact) mass is 395 g/mol. The van der Waals surface area contributed by atoms with Crippen LogP contribution in [0.3, 0.4) is 0 Å². The van der Waals surface area contributed by atoms with Crippen molar-refractivity contribution in [1.82, 2.24) is 9.78 Å². The number of carbonyl (C=O) groups excluding carboxylic acids is 1. The highest BCUT2D eigenvalue weighted by Gasteiger charge is 2.24. The van der Waals surface area contributed by atoms with E-state index < -0.39 is 0 Å². The van der Waals surface area contributed by atoms with E-state index in [0.29, 0.717) is 10.8 Å². The summed E-state index contributed by atoms with van der Waals surface area (Å²) in [6.45, 7) is 8.33. The van der Waals surface area contributed by atoms with Gasteiger partial charge in [0.15, 0.2) is 0 Å². The number of halogens is 1. The molecule has 0 aliphatic rings. The quantitative estimate of drug-likeness (QED) is 0.579. The van der Waals surface area contributed by atoms with Gasteiger partial charge < -0.3 is 5.32 Å². The van der Waals surface area contributed by atoms with Crippen molar-refractivity contribution in [2.24, 2.45) is 0 Å². The zero-order valence-electron chi connectivity index (χ0n) is 16.7. The maximum Gasteiger partial charge on any atom is 0.233 e. The van der Waals surface area contributed by atoms with E-state index in [4.69, 9.17) is 16.7 Å². The first kappa shape index (κ1) is 20.2. The molecule has 146 valence electrons. The third kappa shape index (κ3) is 4.45. The Hall–Kier alpha value is -2.59. The van der Waals surface area contributed by atoms with E-state index in [1.807, 2.05) is 67.6 Å². The minimum atomic E-state index is -0.215. The summed E-state index contributed by atoms with van der Waals surface area (Å²) in [6.07, 6.45) is 0.719. The standard InChI is InChI=1S/C23H26ClN3O/c1-5-19(16-9-7-6-8-10-16)22(28)25-21-15-20(23(2,3)4)26-27(21)18-13-11-17(24)12-14-18/h6-15,19H,5H2,1-4H3,(H,25,28). The lowest BCUT2D eigenvalue weighted by atomic mass is 9.92. The highest BCUT2D eigenvalue weighted by Crippen LogP contribution is 2.28. The molecular formula is C23H26ClN3O. The summed E-state index contributed by atoms with van der Waals surface area (Å²) < 4.78 is 1.77. The van der Waals surface area contributed by atoms with Crippen LogP contribution in [0.15, 0.2) is 60.7 Å². The number of nitrogens with zero attached hydrogens (tertiary/aromatic N) is 2. The van der Waals surface area contributed by atoms with Crippen LogP contribution in [0.4, 0.5) is 5.82 Å².